The average Bonchev–Trinajstić information content (AvgIpc) is 3.13. The maximum absolute atomic E-state index is 12.5. The Kier molecular flexibility index (Phi) is 4.48. The zero-order chi connectivity index (χ0) is 16.4. The molecule has 0 unspecified atom stereocenters. The van der Waals surface area contributed by atoms with Gasteiger partial charge < -0.3 is 10.4 Å². The summed E-state index contributed by atoms with van der Waals surface area (Å²) in [5.41, 5.74) is 0.548. The van der Waals surface area contributed by atoms with Crippen LogP contribution in [0.4, 0.5) is 0 Å². The molecule has 2 aromatic heterocycles. The quantitative estimate of drug-likeness (QED) is 0.685. The summed E-state index contributed by atoms with van der Waals surface area (Å²) >= 11 is 1.03. The van der Waals surface area contributed by atoms with Gasteiger partial charge in [-0.3, -0.25) is 4.68 Å². The van der Waals surface area contributed by atoms with Crippen molar-refractivity contribution in [2.75, 3.05) is 13.1 Å². The van der Waals surface area contributed by atoms with Gasteiger partial charge in [-0.2, -0.15) is 5.10 Å². The number of rotatable bonds is 6. The molecule has 3 N–H and O–H groups in total. The van der Waals surface area contributed by atoms with Crippen LogP contribution in [0.3, 0.4) is 0 Å². The first-order chi connectivity index (χ1) is 11.0. The van der Waals surface area contributed by atoms with Crippen LogP contribution in [0.15, 0.2) is 22.7 Å². The summed E-state index contributed by atoms with van der Waals surface area (Å²) in [5.74, 6) is -1.20. The molecule has 1 aliphatic heterocycles. The highest BCUT2D eigenvalue weighted by Crippen LogP contribution is 2.34. The van der Waals surface area contributed by atoms with Crippen molar-refractivity contribution >= 4 is 27.3 Å². The van der Waals surface area contributed by atoms with Crippen molar-refractivity contribution in [2.24, 2.45) is 0 Å². The third kappa shape index (κ3) is 3.29. The van der Waals surface area contributed by atoms with Gasteiger partial charge >= 0.3 is 5.97 Å². The predicted molar refractivity (Wildman–Crippen MR) is 84.1 cm³/mol. The lowest BCUT2D eigenvalue weighted by atomic mass is 10.1. The number of sulfonamides is 1. The zero-order valence-corrected chi connectivity index (χ0v) is 13.8. The highest BCUT2D eigenvalue weighted by molar-refractivity contribution is 7.91. The van der Waals surface area contributed by atoms with Gasteiger partial charge in [0.25, 0.3) is 10.0 Å². The van der Waals surface area contributed by atoms with Crippen LogP contribution >= 0.6 is 11.3 Å². The second-order valence-corrected chi connectivity index (χ2v) is 8.13. The van der Waals surface area contributed by atoms with Crippen LogP contribution in [0.25, 0.3) is 0 Å². The lowest BCUT2D eigenvalue weighted by Gasteiger charge is -2.12. The molecule has 0 spiro atoms. The molecule has 2 aromatic rings. The number of thiophene rings is 1. The Morgan fingerprint density at radius 2 is 2.35 bits per heavy atom. The van der Waals surface area contributed by atoms with Gasteiger partial charge in [-0.25, -0.2) is 17.9 Å². The minimum absolute atomic E-state index is 0.0851. The van der Waals surface area contributed by atoms with Crippen molar-refractivity contribution in [1.82, 2.24) is 19.8 Å². The molecule has 10 heteroatoms. The molecule has 23 heavy (non-hydrogen) atoms. The largest absolute Gasteiger partial charge is 0.478 e. The third-order valence-electron chi connectivity index (χ3n) is 3.55. The molecule has 1 aliphatic rings. The Bertz CT molecular complexity index is 811. The van der Waals surface area contributed by atoms with E-state index < -0.39 is 16.0 Å². The predicted octanol–water partition coefficient (Wildman–Crippen LogP) is 0.267. The van der Waals surface area contributed by atoms with Gasteiger partial charge in [-0.05, 0) is 24.6 Å². The molecule has 3 heterocycles. The minimum atomic E-state index is -3.86. The topological polar surface area (TPSA) is 113 Å². The van der Waals surface area contributed by atoms with E-state index in [1.807, 2.05) is 0 Å². The summed E-state index contributed by atoms with van der Waals surface area (Å²) in [4.78, 5) is 12.3. The number of hydrogen-bond donors (Lipinski definition) is 3. The van der Waals surface area contributed by atoms with Crippen LogP contribution in [0.2, 0.25) is 0 Å². The molecule has 0 aromatic carbocycles. The molecule has 0 fully saturated rings. The monoisotopic (exact) mass is 356 g/mol. The van der Waals surface area contributed by atoms with Crippen LogP contribution in [-0.4, -0.2) is 42.4 Å². The Morgan fingerprint density at radius 1 is 1.52 bits per heavy atom. The van der Waals surface area contributed by atoms with Crippen molar-refractivity contribution in [1.29, 1.82) is 0 Å². The van der Waals surface area contributed by atoms with E-state index in [1.165, 1.54) is 0 Å². The molecule has 0 atom stereocenters. The van der Waals surface area contributed by atoms with Gasteiger partial charge in [0.15, 0.2) is 0 Å². The number of carbonyl (C=O) groups is 1. The number of nitrogens with zero attached hydrogens (tertiary/aromatic N) is 2. The molecule has 0 saturated heterocycles. The van der Waals surface area contributed by atoms with E-state index in [-0.39, 0.29) is 16.3 Å². The van der Waals surface area contributed by atoms with E-state index in [4.69, 9.17) is 0 Å². The van der Waals surface area contributed by atoms with Crippen LogP contribution in [-0.2, 0) is 29.5 Å². The van der Waals surface area contributed by atoms with E-state index in [1.54, 1.807) is 23.1 Å². The standard InChI is InChI=1S/C13H16N4O4S2/c18-12(19)11-9-2-4-14-8-10(9)22-13(11)23(20,21)16-5-7-17-6-1-3-15-17/h1,3,6,14,16H,2,4-5,7-8H2,(H,18,19). The lowest BCUT2D eigenvalue weighted by molar-refractivity contribution is 0.0692. The van der Waals surface area contributed by atoms with Crippen molar-refractivity contribution < 1.29 is 18.3 Å². The Morgan fingerprint density at radius 3 is 3.04 bits per heavy atom. The number of nitrogens with one attached hydrogen (secondary N) is 2. The summed E-state index contributed by atoms with van der Waals surface area (Å²) < 4.78 is 28.9. The van der Waals surface area contributed by atoms with E-state index >= 15 is 0 Å². The minimum Gasteiger partial charge on any atom is -0.478 e. The lowest BCUT2D eigenvalue weighted by Crippen LogP contribution is -2.28. The first-order valence-electron chi connectivity index (χ1n) is 7.04. The average molecular weight is 356 g/mol. The molecule has 3 rings (SSSR count). The molecular formula is C13H16N4O4S2. The fourth-order valence-corrected chi connectivity index (χ4v) is 5.43. The molecule has 8 nitrogen and oxygen atoms in total. The molecule has 0 radical (unpaired) electrons. The summed E-state index contributed by atoms with van der Waals surface area (Å²) in [6, 6.07) is 1.75. The van der Waals surface area contributed by atoms with Crippen LogP contribution in [0.5, 0.6) is 0 Å². The van der Waals surface area contributed by atoms with Gasteiger partial charge in [-0.15, -0.1) is 11.3 Å². The van der Waals surface area contributed by atoms with Crippen molar-refractivity contribution in [3.63, 3.8) is 0 Å². The molecule has 0 aliphatic carbocycles. The summed E-state index contributed by atoms with van der Waals surface area (Å²) in [6.07, 6.45) is 3.86. The van der Waals surface area contributed by atoms with Gasteiger partial charge in [0.2, 0.25) is 0 Å². The Balaban J connectivity index is 1.84. The maximum Gasteiger partial charge on any atom is 0.338 e. The number of fused-ring (bicyclic) bond motifs is 1. The van der Waals surface area contributed by atoms with Gasteiger partial charge in [0.1, 0.15) is 4.21 Å². The zero-order valence-electron chi connectivity index (χ0n) is 12.2. The van der Waals surface area contributed by atoms with Crippen LogP contribution in [0.1, 0.15) is 20.8 Å². The molecule has 0 bridgehead atoms. The molecule has 0 amide bonds. The maximum atomic E-state index is 12.5. The fraction of sp³-hybridized carbons (Fsp3) is 0.385. The molecule has 0 saturated carbocycles. The number of aromatic nitrogens is 2. The number of aromatic carboxylic acids is 1. The van der Waals surface area contributed by atoms with Crippen LogP contribution < -0.4 is 10.0 Å². The molecule has 124 valence electrons. The molecular weight excluding hydrogens is 340 g/mol. The summed E-state index contributed by atoms with van der Waals surface area (Å²) in [6.45, 7) is 1.67. The van der Waals surface area contributed by atoms with Gasteiger partial charge in [0, 0.05) is 30.4 Å². The van der Waals surface area contributed by atoms with Crippen molar-refractivity contribution in [2.45, 2.75) is 23.7 Å². The smallest absolute Gasteiger partial charge is 0.338 e. The highest BCUT2D eigenvalue weighted by Gasteiger charge is 2.31. The fourth-order valence-electron chi connectivity index (χ4n) is 2.51. The summed E-state index contributed by atoms with van der Waals surface area (Å²) in [5, 5.41) is 16.5. The normalized spacial score (nSPS) is 14.6. The third-order valence-corrected chi connectivity index (χ3v) is 6.76. The van der Waals surface area contributed by atoms with Crippen molar-refractivity contribution in [3.05, 3.63) is 34.5 Å². The highest BCUT2D eigenvalue weighted by atomic mass is 32.2. The Hall–Kier alpha value is -1.75. The van der Waals surface area contributed by atoms with Gasteiger partial charge in [-0.1, -0.05) is 0 Å². The Labute approximate surface area is 137 Å². The first-order valence-corrected chi connectivity index (χ1v) is 9.34. The van der Waals surface area contributed by atoms with E-state index in [9.17, 15) is 18.3 Å². The summed E-state index contributed by atoms with van der Waals surface area (Å²) in [7, 11) is -3.86. The van der Waals surface area contributed by atoms with Crippen LogP contribution in [0, 0.1) is 0 Å². The van der Waals surface area contributed by atoms with E-state index in [0.717, 1.165) is 16.2 Å². The number of carboxylic acids is 1. The second-order valence-electron chi connectivity index (χ2n) is 5.07. The number of carboxylic acid groups (broad SMARTS) is 1. The van der Waals surface area contributed by atoms with E-state index in [2.05, 4.69) is 15.1 Å². The first kappa shape index (κ1) is 16.1. The second kappa shape index (κ2) is 6.40. The number of hydrogen-bond acceptors (Lipinski definition) is 6. The SMILES string of the molecule is O=C(O)c1c(S(=O)(=O)NCCn2cccn2)sc2c1CCNC2. The van der Waals surface area contributed by atoms with Gasteiger partial charge in [0.05, 0.1) is 12.1 Å². The van der Waals surface area contributed by atoms with Crippen molar-refractivity contribution in [3.8, 4) is 0 Å². The van der Waals surface area contributed by atoms with E-state index in [0.29, 0.717) is 31.6 Å².